The Morgan fingerprint density at radius 2 is 2.29 bits per heavy atom. The van der Waals surface area contributed by atoms with Gasteiger partial charge in [-0.2, -0.15) is 0 Å². The fourth-order valence-corrected chi connectivity index (χ4v) is 1.19. The van der Waals surface area contributed by atoms with Crippen molar-refractivity contribution < 1.29 is 9.50 Å². The van der Waals surface area contributed by atoms with Crippen LogP contribution in [0.25, 0.3) is 0 Å². The number of hydrogen-bond acceptors (Lipinski definition) is 2. The molecule has 4 heteroatoms. The van der Waals surface area contributed by atoms with Gasteiger partial charge in [-0.05, 0) is 24.6 Å². The standard InChI is InChI=1S/C10H13ClFNO/c1-7(14)5-13-6-8-2-3-9(11)10(12)4-8/h2-4,7,13-14H,5-6H2,1H3/t7-/m0/s1. The van der Waals surface area contributed by atoms with Crippen LogP contribution in [0.1, 0.15) is 12.5 Å². The van der Waals surface area contributed by atoms with Crippen LogP contribution >= 0.6 is 11.6 Å². The van der Waals surface area contributed by atoms with Crippen molar-refractivity contribution in [2.45, 2.75) is 19.6 Å². The summed E-state index contributed by atoms with van der Waals surface area (Å²) in [7, 11) is 0. The SMILES string of the molecule is C[C@H](O)CNCc1ccc(Cl)c(F)c1. The molecule has 0 saturated carbocycles. The number of hydrogen-bond donors (Lipinski definition) is 2. The summed E-state index contributed by atoms with van der Waals surface area (Å²) in [4.78, 5) is 0. The second kappa shape index (κ2) is 5.29. The van der Waals surface area contributed by atoms with Crippen molar-refractivity contribution in [3.63, 3.8) is 0 Å². The van der Waals surface area contributed by atoms with Gasteiger partial charge in [0, 0.05) is 13.1 Å². The van der Waals surface area contributed by atoms with E-state index >= 15 is 0 Å². The summed E-state index contributed by atoms with van der Waals surface area (Å²) < 4.78 is 13.0. The second-order valence-corrected chi connectivity index (χ2v) is 3.64. The first-order valence-corrected chi connectivity index (χ1v) is 4.80. The van der Waals surface area contributed by atoms with E-state index in [4.69, 9.17) is 16.7 Å². The molecule has 78 valence electrons. The monoisotopic (exact) mass is 217 g/mol. The summed E-state index contributed by atoms with van der Waals surface area (Å²) in [5, 5.41) is 12.1. The lowest BCUT2D eigenvalue weighted by molar-refractivity contribution is 0.191. The van der Waals surface area contributed by atoms with Gasteiger partial charge in [0.25, 0.3) is 0 Å². The van der Waals surface area contributed by atoms with Crippen LogP contribution in [0.4, 0.5) is 4.39 Å². The molecular formula is C10H13ClFNO. The lowest BCUT2D eigenvalue weighted by Gasteiger charge is -2.07. The molecule has 0 saturated heterocycles. The predicted octanol–water partition coefficient (Wildman–Crippen LogP) is 1.95. The van der Waals surface area contributed by atoms with Gasteiger partial charge in [-0.1, -0.05) is 17.7 Å². The largest absolute Gasteiger partial charge is 0.392 e. The van der Waals surface area contributed by atoms with Gasteiger partial charge in [0.1, 0.15) is 5.82 Å². The molecule has 0 spiro atoms. The molecule has 0 amide bonds. The average molecular weight is 218 g/mol. The molecular weight excluding hydrogens is 205 g/mol. The molecule has 0 aliphatic rings. The van der Waals surface area contributed by atoms with E-state index in [0.29, 0.717) is 13.1 Å². The Morgan fingerprint density at radius 3 is 2.86 bits per heavy atom. The minimum Gasteiger partial charge on any atom is -0.392 e. The third kappa shape index (κ3) is 3.62. The van der Waals surface area contributed by atoms with Crippen LogP contribution in [0.3, 0.4) is 0 Å². The zero-order valence-corrected chi connectivity index (χ0v) is 8.68. The van der Waals surface area contributed by atoms with Crippen molar-refractivity contribution >= 4 is 11.6 Å². The molecule has 0 aliphatic heterocycles. The topological polar surface area (TPSA) is 32.3 Å². The van der Waals surface area contributed by atoms with Crippen LogP contribution in [-0.4, -0.2) is 17.8 Å². The molecule has 0 bridgehead atoms. The van der Waals surface area contributed by atoms with Crippen molar-refractivity contribution in [1.29, 1.82) is 0 Å². The van der Waals surface area contributed by atoms with E-state index in [1.54, 1.807) is 13.0 Å². The summed E-state index contributed by atoms with van der Waals surface area (Å²) in [6, 6.07) is 4.66. The van der Waals surface area contributed by atoms with Gasteiger partial charge in [0.05, 0.1) is 11.1 Å². The molecule has 1 aromatic rings. The zero-order chi connectivity index (χ0) is 10.6. The van der Waals surface area contributed by atoms with Gasteiger partial charge in [0.2, 0.25) is 0 Å². The van der Waals surface area contributed by atoms with Crippen molar-refractivity contribution in [2.24, 2.45) is 0 Å². The summed E-state index contributed by atoms with van der Waals surface area (Å²) in [5.41, 5.74) is 0.813. The van der Waals surface area contributed by atoms with Crippen LogP contribution in [0.2, 0.25) is 5.02 Å². The third-order valence-electron chi connectivity index (χ3n) is 1.75. The highest BCUT2D eigenvalue weighted by Gasteiger charge is 2.01. The molecule has 1 rings (SSSR count). The average Bonchev–Trinajstić information content (AvgIpc) is 2.10. The van der Waals surface area contributed by atoms with E-state index in [9.17, 15) is 4.39 Å². The third-order valence-corrected chi connectivity index (χ3v) is 2.06. The van der Waals surface area contributed by atoms with Gasteiger partial charge in [-0.15, -0.1) is 0 Å². The van der Waals surface area contributed by atoms with Gasteiger partial charge >= 0.3 is 0 Å². The zero-order valence-electron chi connectivity index (χ0n) is 7.93. The van der Waals surface area contributed by atoms with Gasteiger partial charge in [0.15, 0.2) is 0 Å². The van der Waals surface area contributed by atoms with Crippen molar-refractivity contribution in [3.8, 4) is 0 Å². The molecule has 2 nitrogen and oxygen atoms in total. The highest BCUT2D eigenvalue weighted by Crippen LogP contribution is 2.15. The fraction of sp³-hybridized carbons (Fsp3) is 0.400. The maximum atomic E-state index is 13.0. The highest BCUT2D eigenvalue weighted by molar-refractivity contribution is 6.30. The summed E-state index contributed by atoms with van der Waals surface area (Å²) in [6.07, 6.45) is -0.396. The summed E-state index contributed by atoms with van der Waals surface area (Å²) in [6.45, 7) is 2.71. The molecule has 0 unspecified atom stereocenters. The molecule has 14 heavy (non-hydrogen) atoms. The smallest absolute Gasteiger partial charge is 0.142 e. The first-order valence-electron chi connectivity index (χ1n) is 4.42. The Balaban J connectivity index is 2.47. The molecule has 0 aliphatic carbocycles. The summed E-state index contributed by atoms with van der Waals surface area (Å²) in [5.74, 6) is -0.414. The highest BCUT2D eigenvalue weighted by atomic mass is 35.5. The number of aliphatic hydroxyl groups excluding tert-OH is 1. The number of rotatable bonds is 4. The summed E-state index contributed by atoms with van der Waals surface area (Å²) >= 11 is 5.53. The van der Waals surface area contributed by atoms with E-state index in [1.807, 2.05) is 0 Å². The Morgan fingerprint density at radius 1 is 1.57 bits per heavy atom. The fourth-order valence-electron chi connectivity index (χ4n) is 1.07. The lowest BCUT2D eigenvalue weighted by Crippen LogP contribution is -2.23. The van der Waals surface area contributed by atoms with Crippen molar-refractivity contribution in [2.75, 3.05) is 6.54 Å². The number of aliphatic hydroxyl groups is 1. The van der Waals surface area contributed by atoms with Crippen LogP contribution in [0.15, 0.2) is 18.2 Å². The Bertz CT molecular complexity index is 304. The maximum Gasteiger partial charge on any atom is 0.142 e. The van der Waals surface area contributed by atoms with Gasteiger partial charge in [-0.25, -0.2) is 4.39 Å². The predicted molar refractivity (Wildman–Crippen MR) is 54.8 cm³/mol. The normalized spacial score (nSPS) is 12.9. The Hall–Kier alpha value is -0.640. The minimum atomic E-state index is -0.414. The molecule has 0 radical (unpaired) electrons. The number of halogens is 2. The number of nitrogens with one attached hydrogen (secondary N) is 1. The molecule has 0 fully saturated rings. The second-order valence-electron chi connectivity index (χ2n) is 3.23. The van der Waals surface area contributed by atoms with E-state index in [1.165, 1.54) is 12.1 Å². The van der Waals surface area contributed by atoms with Crippen LogP contribution in [-0.2, 0) is 6.54 Å². The van der Waals surface area contributed by atoms with Crippen LogP contribution in [0, 0.1) is 5.82 Å². The van der Waals surface area contributed by atoms with Crippen molar-refractivity contribution in [1.82, 2.24) is 5.32 Å². The maximum absolute atomic E-state index is 13.0. The van der Waals surface area contributed by atoms with Gasteiger partial charge < -0.3 is 10.4 Å². The van der Waals surface area contributed by atoms with E-state index < -0.39 is 11.9 Å². The first-order chi connectivity index (χ1) is 6.59. The van der Waals surface area contributed by atoms with Gasteiger partial charge in [-0.3, -0.25) is 0 Å². The minimum absolute atomic E-state index is 0.129. The Labute approximate surface area is 87.7 Å². The van der Waals surface area contributed by atoms with E-state index in [-0.39, 0.29) is 5.02 Å². The van der Waals surface area contributed by atoms with E-state index in [0.717, 1.165) is 5.56 Å². The first kappa shape index (κ1) is 11.4. The molecule has 1 atom stereocenters. The molecule has 0 heterocycles. The molecule has 2 N–H and O–H groups in total. The van der Waals surface area contributed by atoms with E-state index in [2.05, 4.69) is 5.32 Å². The van der Waals surface area contributed by atoms with Crippen LogP contribution in [0.5, 0.6) is 0 Å². The molecule has 1 aromatic carbocycles. The number of benzene rings is 1. The molecule has 0 aromatic heterocycles. The lowest BCUT2D eigenvalue weighted by atomic mass is 10.2. The van der Waals surface area contributed by atoms with Crippen molar-refractivity contribution in [3.05, 3.63) is 34.6 Å². The van der Waals surface area contributed by atoms with Crippen LogP contribution < -0.4 is 5.32 Å². The quantitative estimate of drug-likeness (QED) is 0.808. The Kier molecular flexibility index (Phi) is 4.32.